The molecule has 4 nitrogen and oxygen atoms in total. The SMILES string of the molecule is CCn1ncc(NC(=O)c2cc(Br)c(Br)s2)c1C. The Hall–Kier alpha value is -0.660. The Morgan fingerprint density at radius 1 is 1.56 bits per heavy atom. The average Bonchev–Trinajstić information content (AvgIpc) is 2.85. The maximum absolute atomic E-state index is 12.1. The van der Waals surface area contributed by atoms with Crippen LogP contribution in [0.2, 0.25) is 0 Å². The molecule has 0 aliphatic rings. The highest BCUT2D eigenvalue weighted by Gasteiger charge is 2.14. The zero-order valence-corrected chi connectivity index (χ0v) is 13.8. The largest absolute Gasteiger partial charge is 0.318 e. The van der Waals surface area contributed by atoms with Crippen molar-refractivity contribution in [3.05, 3.63) is 31.1 Å². The number of carbonyl (C=O) groups excluding carboxylic acids is 1. The van der Waals surface area contributed by atoms with Gasteiger partial charge in [0.15, 0.2) is 0 Å². The summed E-state index contributed by atoms with van der Waals surface area (Å²) in [5.74, 6) is -0.120. The molecular weight excluding hydrogens is 382 g/mol. The molecule has 0 spiro atoms. The molecule has 1 amide bonds. The van der Waals surface area contributed by atoms with Crippen LogP contribution in [-0.2, 0) is 6.54 Å². The number of amides is 1. The lowest BCUT2D eigenvalue weighted by Crippen LogP contribution is -2.11. The highest BCUT2D eigenvalue weighted by molar-refractivity contribution is 9.13. The van der Waals surface area contributed by atoms with Crippen molar-refractivity contribution in [2.75, 3.05) is 5.32 Å². The third-order valence-electron chi connectivity index (χ3n) is 2.52. The van der Waals surface area contributed by atoms with E-state index in [1.54, 1.807) is 12.3 Å². The van der Waals surface area contributed by atoms with E-state index in [9.17, 15) is 4.79 Å². The number of nitrogens with one attached hydrogen (secondary N) is 1. The topological polar surface area (TPSA) is 46.9 Å². The first-order valence-electron chi connectivity index (χ1n) is 5.31. The van der Waals surface area contributed by atoms with E-state index in [4.69, 9.17) is 0 Å². The first-order chi connectivity index (χ1) is 8.52. The van der Waals surface area contributed by atoms with Gasteiger partial charge in [-0.2, -0.15) is 5.10 Å². The summed E-state index contributed by atoms with van der Waals surface area (Å²) < 4.78 is 3.64. The Kier molecular flexibility index (Phi) is 4.24. The Bertz CT molecular complexity index is 572. The van der Waals surface area contributed by atoms with Gasteiger partial charge in [0.25, 0.3) is 5.91 Å². The molecule has 0 aromatic carbocycles. The van der Waals surface area contributed by atoms with Gasteiger partial charge in [-0.05, 0) is 51.8 Å². The van der Waals surface area contributed by atoms with E-state index >= 15 is 0 Å². The predicted molar refractivity (Wildman–Crippen MR) is 80.3 cm³/mol. The summed E-state index contributed by atoms with van der Waals surface area (Å²) in [5.41, 5.74) is 1.71. The summed E-state index contributed by atoms with van der Waals surface area (Å²) in [5, 5.41) is 7.06. The molecule has 0 unspecified atom stereocenters. The second kappa shape index (κ2) is 5.54. The van der Waals surface area contributed by atoms with Crippen LogP contribution in [0, 0.1) is 6.92 Å². The lowest BCUT2D eigenvalue weighted by molar-refractivity contribution is 0.103. The van der Waals surface area contributed by atoms with E-state index in [-0.39, 0.29) is 5.91 Å². The smallest absolute Gasteiger partial charge is 0.265 e. The first kappa shape index (κ1) is 13.8. The summed E-state index contributed by atoms with van der Waals surface area (Å²) >= 11 is 8.13. The van der Waals surface area contributed by atoms with Crippen LogP contribution in [-0.4, -0.2) is 15.7 Å². The van der Waals surface area contributed by atoms with Crippen molar-refractivity contribution in [2.24, 2.45) is 0 Å². The minimum absolute atomic E-state index is 0.120. The van der Waals surface area contributed by atoms with E-state index in [1.807, 2.05) is 18.5 Å². The molecule has 7 heteroatoms. The van der Waals surface area contributed by atoms with E-state index in [0.29, 0.717) is 4.88 Å². The van der Waals surface area contributed by atoms with Gasteiger partial charge in [0.1, 0.15) is 0 Å². The number of hydrogen-bond acceptors (Lipinski definition) is 3. The minimum atomic E-state index is -0.120. The van der Waals surface area contributed by atoms with Gasteiger partial charge in [0.05, 0.1) is 26.2 Å². The number of nitrogens with zero attached hydrogens (tertiary/aromatic N) is 2. The highest BCUT2D eigenvalue weighted by atomic mass is 79.9. The van der Waals surface area contributed by atoms with Crippen LogP contribution < -0.4 is 5.32 Å². The normalized spacial score (nSPS) is 10.7. The van der Waals surface area contributed by atoms with Crippen LogP contribution in [0.1, 0.15) is 22.3 Å². The minimum Gasteiger partial charge on any atom is -0.318 e. The van der Waals surface area contributed by atoms with Crippen LogP contribution in [0.3, 0.4) is 0 Å². The monoisotopic (exact) mass is 391 g/mol. The molecule has 0 atom stereocenters. The molecular formula is C11H11Br2N3OS. The molecule has 0 bridgehead atoms. The standard InChI is InChI=1S/C11H11Br2N3OS/c1-3-16-6(2)8(5-14-16)15-11(17)9-4-7(12)10(13)18-9/h4-5H,3H2,1-2H3,(H,15,17). The van der Waals surface area contributed by atoms with Crippen molar-refractivity contribution >= 4 is 54.8 Å². The third kappa shape index (κ3) is 2.67. The molecule has 96 valence electrons. The van der Waals surface area contributed by atoms with Crippen molar-refractivity contribution in [2.45, 2.75) is 20.4 Å². The zero-order chi connectivity index (χ0) is 13.3. The average molecular weight is 393 g/mol. The van der Waals surface area contributed by atoms with Crippen LogP contribution in [0.25, 0.3) is 0 Å². The molecule has 2 rings (SSSR count). The molecule has 0 aliphatic heterocycles. The molecule has 18 heavy (non-hydrogen) atoms. The summed E-state index contributed by atoms with van der Waals surface area (Å²) in [6.45, 7) is 4.74. The number of anilines is 1. The number of hydrogen-bond donors (Lipinski definition) is 1. The van der Waals surface area contributed by atoms with Gasteiger partial charge < -0.3 is 5.32 Å². The van der Waals surface area contributed by atoms with Gasteiger partial charge in [-0.25, -0.2) is 0 Å². The Morgan fingerprint density at radius 3 is 2.78 bits per heavy atom. The van der Waals surface area contributed by atoms with Gasteiger partial charge >= 0.3 is 0 Å². The van der Waals surface area contributed by atoms with Crippen LogP contribution in [0.15, 0.2) is 20.5 Å². The lowest BCUT2D eigenvalue weighted by Gasteiger charge is -2.03. The van der Waals surface area contributed by atoms with Gasteiger partial charge in [-0.1, -0.05) is 0 Å². The van der Waals surface area contributed by atoms with Gasteiger partial charge in [-0.3, -0.25) is 9.48 Å². The van der Waals surface area contributed by atoms with Crippen molar-refractivity contribution in [3.63, 3.8) is 0 Å². The highest BCUT2D eigenvalue weighted by Crippen LogP contribution is 2.32. The van der Waals surface area contributed by atoms with E-state index in [1.165, 1.54) is 11.3 Å². The summed E-state index contributed by atoms with van der Waals surface area (Å²) in [6.07, 6.45) is 1.68. The fraction of sp³-hybridized carbons (Fsp3) is 0.273. The molecule has 2 heterocycles. The summed E-state index contributed by atoms with van der Waals surface area (Å²) in [4.78, 5) is 12.7. The fourth-order valence-electron chi connectivity index (χ4n) is 1.53. The first-order valence-corrected chi connectivity index (χ1v) is 7.71. The van der Waals surface area contributed by atoms with Crippen LogP contribution >= 0.6 is 43.2 Å². The number of halogens is 2. The van der Waals surface area contributed by atoms with Crippen molar-refractivity contribution in [1.82, 2.24) is 9.78 Å². The summed E-state index contributed by atoms with van der Waals surface area (Å²) in [6, 6.07) is 1.80. The maximum Gasteiger partial charge on any atom is 0.265 e. The second-order valence-corrected chi connectivity index (χ2v) is 6.87. The Balaban J connectivity index is 2.18. The van der Waals surface area contributed by atoms with Crippen molar-refractivity contribution in [3.8, 4) is 0 Å². The van der Waals surface area contributed by atoms with E-state index in [2.05, 4.69) is 42.3 Å². The quantitative estimate of drug-likeness (QED) is 0.856. The molecule has 0 radical (unpaired) electrons. The second-order valence-electron chi connectivity index (χ2n) is 3.65. The zero-order valence-electron chi connectivity index (χ0n) is 9.83. The molecule has 0 aliphatic carbocycles. The van der Waals surface area contributed by atoms with Crippen LogP contribution in [0.4, 0.5) is 5.69 Å². The fourth-order valence-corrected chi connectivity index (χ4v) is 3.46. The molecule has 2 aromatic rings. The van der Waals surface area contributed by atoms with Crippen molar-refractivity contribution in [1.29, 1.82) is 0 Å². The summed E-state index contributed by atoms with van der Waals surface area (Å²) in [7, 11) is 0. The Labute approximate surface area is 126 Å². The van der Waals surface area contributed by atoms with Crippen molar-refractivity contribution < 1.29 is 4.79 Å². The van der Waals surface area contributed by atoms with E-state index < -0.39 is 0 Å². The number of carbonyl (C=O) groups is 1. The van der Waals surface area contributed by atoms with Gasteiger partial charge in [0, 0.05) is 11.0 Å². The number of aryl methyl sites for hydroxylation is 1. The van der Waals surface area contributed by atoms with Gasteiger partial charge in [0.2, 0.25) is 0 Å². The predicted octanol–water partition coefficient (Wildman–Crippen LogP) is 4.05. The number of rotatable bonds is 3. The molecule has 1 N–H and O–H groups in total. The molecule has 0 saturated carbocycles. The third-order valence-corrected chi connectivity index (χ3v) is 5.77. The van der Waals surface area contributed by atoms with E-state index in [0.717, 1.165) is 26.2 Å². The van der Waals surface area contributed by atoms with Gasteiger partial charge in [-0.15, -0.1) is 11.3 Å². The maximum atomic E-state index is 12.1. The Morgan fingerprint density at radius 2 is 2.28 bits per heavy atom. The number of thiophene rings is 1. The molecule has 0 fully saturated rings. The molecule has 2 aromatic heterocycles. The molecule has 0 saturated heterocycles. The van der Waals surface area contributed by atoms with Crippen LogP contribution in [0.5, 0.6) is 0 Å². The number of aromatic nitrogens is 2. The lowest BCUT2D eigenvalue weighted by atomic mass is 10.3.